The van der Waals surface area contributed by atoms with E-state index >= 15 is 0 Å². The van der Waals surface area contributed by atoms with E-state index in [1.165, 1.54) is 6.07 Å². The number of aryl methyl sites for hydroxylation is 2. The Kier molecular flexibility index (Phi) is 5.66. The number of hydrogen-bond donors (Lipinski definition) is 1. The van der Waals surface area contributed by atoms with Gasteiger partial charge in [-0.15, -0.1) is 0 Å². The molecule has 1 amide bonds. The predicted molar refractivity (Wildman–Crippen MR) is 104 cm³/mol. The first kappa shape index (κ1) is 18.8. The van der Waals surface area contributed by atoms with E-state index in [0.29, 0.717) is 25.3 Å². The zero-order valence-corrected chi connectivity index (χ0v) is 15.8. The zero-order chi connectivity index (χ0) is 19.4. The minimum absolute atomic E-state index is 0.0542. The Balaban J connectivity index is 1.62. The van der Waals surface area contributed by atoms with Gasteiger partial charge in [0.1, 0.15) is 18.2 Å². The fraction of sp³-hybridized carbons (Fsp3) is 0.263. The lowest BCUT2D eigenvalue weighted by Crippen LogP contribution is -2.27. The molecule has 2 heterocycles. The average molecular weight is 385 g/mol. The SMILES string of the molecule is CCc1nc(C)cc(=O)n1CCOc1ccc(/C=C2/OC(=S)NC2=O)cc1. The van der Waals surface area contributed by atoms with Crippen molar-refractivity contribution in [3.05, 3.63) is 63.5 Å². The number of carbonyl (C=O) groups is 1. The molecule has 0 aliphatic carbocycles. The number of aromatic nitrogens is 2. The Morgan fingerprint density at radius 3 is 2.67 bits per heavy atom. The number of nitrogens with one attached hydrogen (secondary N) is 1. The molecule has 2 aromatic rings. The Bertz CT molecular complexity index is 964. The van der Waals surface area contributed by atoms with Crippen molar-refractivity contribution in [2.75, 3.05) is 6.61 Å². The Morgan fingerprint density at radius 2 is 2.04 bits per heavy atom. The fourth-order valence-electron chi connectivity index (χ4n) is 2.68. The van der Waals surface area contributed by atoms with Gasteiger partial charge in [-0.25, -0.2) is 4.98 Å². The van der Waals surface area contributed by atoms with E-state index in [2.05, 4.69) is 10.3 Å². The lowest BCUT2D eigenvalue weighted by atomic mass is 10.2. The van der Waals surface area contributed by atoms with Crippen LogP contribution in [0.15, 0.2) is 40.9 Å². The van der Waals surface area contributed by atoms with Crippen LogP contribution in [0.2, 0.25) is 0 Å². The van der Waals surface area contributed by atoms with Gasteiger partial charge < -0.3 is 9.47 Å². The standard InChI is InChI=1S/C19H19N3O4S/c1-3-16-20-12(2)10-17(23)22(16)8-9-25-14-6-4-13(5-7-14)11-15-18(24)21-19(27)26-15/h4-7,10-11H,3,8-9H2,1-2H3,(H,21,24,27)/b15-11+. The lowest BCUT2D eigenvalue weighted by Gasteiger charge is -2.12. The van der Waals surface area contributed by atoms with E-state index in [1.54, 1.807) is 34.9 Å². The molecule has 1 fully saturated rings. The summed E-state index contributed by atoms with van der Waals surface area (Å²) in [6.07, 6.45) is 2.28. The maximum absolute atomic E-state index is 12.1. The van der Waals surface area contributed by atoms with Crippen LogP contribution in [0.5, 0.6) is 5.75 Å². The van der Waals surface area contributed by atoms with Gasteiger partial charge in [-0.3, -0.25) is 19.5 Å². The Labute approximate surface area is 161 Å². The summed E-state index contributed by atoms with van der Waals surface area (Å²) in [5.41, 5.74) is 1.43. The van der Waals surface area contributed by atoms with Gasteiger partial charge in [-0.1, -0.05) is 19.1 Å². The third-order valence-corrected chi connectivity index (χ3v) is 4.12. The number of amides is 1. The van der Waals surface area contributed by atoms with Crippen LogP contribution in [0.3, 0.4) is 0 Å². The third kappa shape index (κ3) is 4.59. The van der Waals surface area contributed by atoms with Crippen molar-refractivity contribution in [2.24, 2.45) is 0 Å². The lowest BCUT2D eigenvalue weighted by molar-refractivity contribution is -0.116. The van der Waals surface area contributed by atoms with E-state index in [1.807, 2.05) is 13.8 Å². The summed E-state index contributed by atoms with van der Waals surface area (Å²) >= 11 is 4.79. The van der Waals surface area contributed by atoms with Crippen molar-refractivity contribution < 1.29 is 14.3 Å². The number of benzene rings is 1. The van der Waals surface area contributed by atoms with E-state index in [0.717, 1.165) is 17.1 Å². The van der Waals surface area contributed by atoms with Gasteiger partial charge in [0, 0.05) is 18.2 Å². The average Bonchev–Trinajstić information content (AvgIpc) is 2.95. The highest BCUT2D eigenvalue weighted by Crippen LogP contribution is 2.17. The van der Waals surface area contributed by atoms with Gasteiger partial charge in [-0.05, 0) is 42.9 Å². The van der Waals surface area contributed by atoms with E-state index in [-0.39, 0.29) is 22.4 Å². The summed E-state index contributed by atoms with van der Waals surface area (Å²) in [5, 5.41) is 2.46. The van der Waals surface area contributed by atoms with Gasteiger partial charge in [0.25, 0.3) is 16.6 Å². The van der Waals surface area contributed by atoms with Gasteiger partial charge in [0.05, 0.1) is 6.54 Å². The summed E-state index contributed by atoms with van der Waals surface area (Å²) in [6.45, 7) is 4.54. The van der Waals surface area contributed by atoms with Gasteiger partial charge in [-0.2, -0.15) is 0 Å². The molecule has 140 valence electrons. The number of carbonyl (C=O) groups excluding carboxylic acids is 1. The molecule has 1 aliphatic rings. The summed E-state index contributed by atoms with van der Waals surface area (Å²) in [6, 6.07) is 8.70. The van der Waals surface area contributed by atoms with Gasteiger partial charge >= 0.3 is 0 Å². The first-order valence-corrected chi connectivity index (χ1v) is 8.92. The summed E-state index contributed by atoms with van der Waals surface area (Å²) in [4.78, 5) is 28.1. The monoisotopic (exact) mass is 385 g/mol. The normalized spacial score (nSPS) is 15.0. The molecule has 3 rings (SSSR count). The first-order chi connectivity index (χ1) is 13.0. The molecule has 0 radical (unpaired) electrons. The van der Waals surface area contributed by atoms with Crippen molar-refractivity contribution in [3.63, 3.8) is 0 Å². The molecule has 1 aromatic carbocycles. The van der Waals surface area contributed by atoms with Crippen LogP contribution < -0.4 is 15.6 Å². The molecule has 0 spiro atoms. The predicted octanol–water partition coefficient (Wildman–Crippen LogP) is 1.97. The van der Waals surface area contributed by atoms with Crippen LogP contribution in [-0.2, 0) is 22.5 Å². The van der Waals surface area contributed by atoms with Crippen LogP contribution in [0.1, 0.15) is 24.0 Å². The summed E-state index contributed by atoms with van der Waals surface area (Å²) in [5.74, 6) is 1.21. The number of hydrogen-bond acceptors (Lipinski definition) is 6. The van der Waals surface area contributed by atoms with Crippen molar-refractivity contribution in [1.29, 1.82) is 0 Å². The molecular weight excluding hydrogens is 366 g/mol. The first-order valence-electron chi connectivity index (χ1n) is 8.51. The van der Waals surface area contributed by atoms with Crippen LogP contribution in [0.25, 0.3) is 6.08 Å². The topological polar surface area (TPSA) is 82.5 Å². The van der Waals surface area contributed by atoms with Crippen molar-refractivity contribution in [1.82, 2.24) is 14.9 Å². The molecular formula is C19H19N3O4S. The molecule has 1 saturated heterocycles. The highest BCUT2D eigenvalue weighted by atomic mass is 32.1. The number of thiocarbonyl (C=S) groups is 1. The number of nitrogens with zero attached hydrogens (tertiary/aromatic N) is 2. The molecule has 7 nitrogen and oxygen atoms in total. The fourth-order valence-corrected chi connectivity index (χ4v) is 2.86. The summed E-state index contributed by atoms with van der Waals surface area (Å²) in [7, 11) is 0. The molecule has 1 aliphatic heterocycles. The second-order valence-corrected chi connectivity index (χ2v) is 6.30. The highest BCUT2D eigenvalue weighted by molar-refractivity contribution is 7.80. The maximum atomic E-state index is 12.1. The minimum Gasteiger partial charge on any atom is -0.492 e. The van der Waals surface area contributed by atoms with Crippen molar-refractivity contribution in [2.45, 2.75) is 26.8 Å². The minimum atomic E-state index is -0.357. The number of ether oxygens (including phenoxy) is 2. The molecule has 8 heteroatoms. The Hall–Kier alpha value is -3.00. The molecule has 0 atom stereocenters. The van der Waals surface area contributed by atoms with E-state index < -0.39 is 0 Å². The third-order valence-electron chi connectivity index (χ3n) is 3.94. The van der Waals surface area contributed by atoms with E-state index in [4.69, 9.17) is 21.7 Å². The summed E-state index contributed by atoms with van der Waals surface area (Å²) < 4.78 is 12.5. The molecule has 27 heavy (non-hydrogen) atoms. The zero-order valence-electron chi connectivity index (χ0n) is 15.0. The number of rotatable bonds is 6. The largest absolute Gasteiger partial charge is 0.492 e. The molecule has 0 bridgehead atoms. The quantitative estimate of drug-likeness (QED) is 0.605. The van der Waals surface area contributed by atoms with E-state index in [9.17, 15) is 9.59 Å². The highest BCUT2D eigenvalue weighted by Gasteiger charge is 2.22. The second-order valence-electron chi connectivity index (χ2n) is 5.93. The van der Waals surface area contributed by atoms with Crippen molar-refractivity contribution in [3.8, 4) is 5.75 Å². The van der Waals surface area contributed by atoms with Crippen LogP contribution in [0.4, 0.5) is 0 Å². The van der Waals surface area contributed by atoms with Crippen LogP contribution in [-0.4, -0.2) is 27.2 Å². The smallest absolute Gasteiger partial charge is 0.294 e. The van der Waals surface area contributed by atoms with Gasteiger partial charge in [0.2, 0.25) is 0 Å². The Morgan fingerprint density at radius 1 is 1.30 bits per heavy atom. The molecule has 1 N–H and O–H groups in total. The molecule has 0 unspecified atom stereocenters. The van der Waals surface area contributed by atoms with Crippen molar-refractivity contribution >= 4 is 29.4 Å². The molecule has 1 aromatic heterocycles. The van der Waals surface area contributed by atoms with Crippen LogP contribution in [0, 0.1) is 6.92 Å². The molecule has 0 saturated carbocycles. The van der Waals surface area contributed by atoms with Gasteiger partial charge in [0.15, 0.2) is 5.76 Å². The van der Waals surface area contributed by atoms with Crippen LogP contribution >= 0.6 is 12.2 Å². The second kappa shape index (κ2) is 8.13. The maximum Gasteiger partial charge on any atom is 0.294 e.